The Hall–Kier alpha value is -1.71. The van der Waals surface area contributed by atoms with Gasteiger partial charge in [-0.25, -0.2) is 4.79 Å². The van der Waals surface area contributed by atoms with E-state index in [1.54, 1.807) is 6.07 Å². The SMILES string of the molecule is CCCc1c(O)cccc1CCNC(=O)OC(C)(C)C. The molecule has 1 amide bonds. The van der Waals surface area contributed by atoms with Crippen LogP contribution < -0.4 is 5.32 Å². The minimum Gasteiger partial charge on any atom is -0.508 e. The van der Waals surface area contributed by atoms with Crippen molar-refractivity contribution in [2.45, 2.75) is 52.6 Å². The number of rotatable bonds is 5. The zero-order valence-corrected chi connectivity index (χ0v) is 12.8. The molecule has 0 heterocycles. The summed E-state index contributed by atoms with van der Waals surface area (Å²) in [7, 11) is 0. The number of nitrogens with one attached hydrogen (secondary N) is 1. The minimum absolute atomic E-state index is 0.335. The molecule has 0 unspecified atom stereocenters. The molecule has 0 aliphatic carbocycles. The van der Waals surface area contributed by atoms with Gasteiger partial charge in [0.1, 0.15) is 11.4 Å². The molecule has 0 saturated carbocycles. The molecule has 1 rings (SSSR count). The Morgan fingerprint density at radius 1 is 1.30 bits per heavy atom. The van der Waals surface area contributed by atoms with Gasteiger partial charge in [0.15, 0.2) is 0 Å². The number of ether oxygens (including phenoxy) is 1. The van der Waals surface area contributed by atoms with Gasteiger partial charge in [-0.15, -0.1) is 0 Å². The van der Waals surface area contributed by atoms with E-state index >= 15 is 0 Å². The summed E-state index contributed by atoms with van der Waals surface area (Å²) in [6.45, 7) is 8.08. The lowest BCUT2D eigenvalue weighted by molar-refractivity contribution is 0.0528. The Morgan fingerprint density at radius 3 is 2.60 bits per heavy atom. The van der Waals surface area contributed by atoms with Gasteiger partial charge in [-0.1, -0.05) is 25.5 Å². The molecule has 1 aromatic rings. The number of carbonyl (C=O) groups excluding carboxylic acids is 1. The van der Waals surface area contributed by atoms with E-state index < -0.39 is 11.7 Å². The summed E-state index contributed by atoms with van der Waals surface area (Å²) in [4.78, 5) is 11.5. The average Bonchev–Trinajstić information content (AvgIpc) is 2.31. The molecule has 1 aromatic carbocycles. The first-order valence-corrected chi connectivity index (χ1v) is 7.10. The van der Waals surface area contributed by atoms with Crippen molar-refractivity contribution in [2.24, 2.45) is 0 Å². The van der Waals surface area contributed by atoms with E-state index in [0.29, 0.717) is 18.7 Å². The van der Waals surface area contributed by atoms with Crippen LogP contribution in [0.2, 0.25) is 0 Å². The van der Waals surface area contributed by atoms with Gasteiger partial charge in [0, 0.05) is 6.54 Å². The van der Waals surface area contributed by atoms with Gasteiger partial charge < -0.3 is 15.2 Å². The normalized spacial score (nSPS) is 11.2. The minimum atomic E-state index is -0.484. The maximum atomic E-state index is 11.5. The molecule has 4 nitrogen and oxygen atoms in total. The average molecular weight is 279 g/mol. The number of hydrogen-bond donors (Lipinski definition) is 2. The van der Waals surface area contributed by atoms with Crippen LogP contribution in [0, 0.1) is 0 Å². The van der Waals surface area contributed by atoms with Crippen LogP contribution in [0.1, 0.15) is 45.2 Å². The summed E-state index contributed by atoms with van der Waals surface area (Å²) < 4.78 is 5.18. The number of hydrogen-bond acceptors (Lipinski definition) is 3. The molecule has 0 spiro atoms. The van der Waals surface area contributed by atoms with E-state index in [-0.39, 0.29) is 0 Å². The van der Waals surface area contributed by atoms with Crippen molar-refractivity contribution in [1.29, 1.82) is 0 Å². The summed E-state index contributed by atoms with van der Waals surface area (Å²) >= 11 is 0. The van der Waals surface area contributed by atoms with Crippen LogP contribution in [0.5, 0.6) is 5.75 Å². The smallest absolute Gasteiger partial charge is 0.407 e. The van der Waals surface area contributed by atoms with E-state index in [1.165, 1.54) is 0 Å². The maximum Gasteiger partial charge on any atom is 0.407 e. The summed E-state index contributed by atoms with van der Waals surface area (Å²) in [5, 5.41) is 12.6. The van der Waals surface area contributed by atoms with Crippen molar-refractivity contribution in [3.8, 4) is 5.75 Å². The predicted octanol–water partition coefficient (Wildman–Crippen LogP) is 3.41. The van der Waals surface area contributed by atoms with Crippen molar-refractivity contribution in [3.05, 3.63) is 29.3 Å². The first kappa shape index (κ1) is 16.3. The molecular formula is C16H25NO3. The molecule has 2 N–H and O–H groups in total. The van der Waals surface area contributed by atoms with Crippen molar-refractivity contribution in [1.82, 2.24) is 5.32 Å². The van der Waals surface area contributed by atoms with Crippen LogP contribution in [0.3, 0.4) is 0 Å². The van der Waals surface area contributed by atoms with Crippen molar-refractivity contribution in [2.75, 3.05) is 6.54 Å². The quantitative estimate of drug-likeness (QED) is 0.868. The molecule has 0 bridgehead atoms. The summed E-state index contributed by atoms with van der Waals surface area (Å²) in [5.74, 6) is 0.335. The van der Waals surface area contributed by atoms with Crippen molar-refractivity contribution in [3.63, 3.8) is 0 Å². The Morgan fingerprint density at radius 2 is 2.00 bits per heavy atom. The Labute approximate surface area is 121 Å². The van der Waals surface area contributed by atoms with E-state index in [1.807, 2.05) is 32.9 Å². The molecule has 0 aromatic heterocycles. The number of aromatic hydroxyl groups is 1. The highest BCUT2D eigenvalue weighted by molar-refractivity contribution is 5.67. The zero-order chi connectivity index (χ0) is 15.2. The Balaban J connectivity index is 2.54. The Bertz CT molecular complexity index is 450. The number of alkyl carbamates (subject to hydrolysis) is 1. The van der Waals surface area contributed by atoms with Crippen LogP contribution in [0.25, 0.3) is 0 Å². The largest absolute Gasteiger partial charge is 0.508 e. The second-order valence-electron chi connectivity index (χ2n) is 5.84. The van der Waals surface area contributed by atoms with Crippen LogP contribution in [0.15, 0.2) is 18.2 Å². The number of amides is 1. The zero-order valence-electron chi connectivity index (χ0n) is 12.8. The van der Waals surface area contributed by atoms with Crippen LogP contribution in [0.4, 0.5) is 4.79 Å². The maximum absolute atomic E-state index is 11.5. The standard InChI is InChI=1S/C16H25NO3/c1-5-7-13-12(8-6-9-14(13)18)10-11-17-15(19)20-16(2,3)4/h6,8-9,18H,5,7,10-11H2,1-4H3,(H,17,19). The second-order valence-corrected chi connectivity index (χ2v) is 5.84. The highest BCUT2D eigenvalue weighted by Crippen LogP contribution is 2.22. The first-order valence-electron chi connectivity index (χ1n) is 7.10. The van der Waals surface area contributed by atoms with Gasteiger partial charge in [0.25, 0.3) is 0 Å². The van der Waals surface area contributed by atoms with Gasteiger partial charge in [0.2, 0.25) is 0 Å². The van der Waals surface area contributed by atoms with E-state index in [0.717, 1.165) is 24.0 Å². The van der Waals surface area contributed by atoms with Gasteiger partial charge in [-0.05, 0) is 50.8 Å². The molecule has 112 valence electrons. The first-order chi connectivity index (χ1) is 9.33. The molecule has 0 atom stereocenters. The van der Waals surface area contributed by atoms with Gasteiger partial charge >= 0.3 is 6.09 Å². The lowest BCUT2D eigenvalue weighted by Crippen LogP contribution is -2.33. The highest BCUT2D eigenvalue weighted by atomic mass is 16.6. The van der Waals surface area contributed by atoms with Crippen molar-refractivity contribution < 1.29 is 14.6 Å². The number of benzene rings is 1. The topological polar surface area (TPSA) is 58.6 Å². The predicted molar refractivity (Wildman–Crippen MR) is 80.0 cm³/mol. The van der Waals surface area contributed by atoms with E-state index in [4.69, 9.17) is 4.74 Å². The third-order valence-electron chi connectivity index (χ3n) is 2.81. The molecule has 20 heavy (non-hydrogen) atoms. The van der Waals surface area contributed by atoms with Gasteiger partial charge in [-0.3, -0.25) is 0 Å². The molecule has 0 aliphatic rings. The summed E-state index contributed by atoms with van der Waals surface area (Å²) in [5.41, 5.74) is 1.56. The fourth-order valence-corrected chi connectivity index (χ4v) is 2.01. The number of carbonyl (C=O) groups is 1. The molecule has 0 saturated heterocycles. The van der Waals surface area contributed by atoms with Crippen LogP contribution in [-0.2, 0) is 17.6 Å². The van der Waals surface area contributed by atoms with Crippen molar-refractivity contribution >= 4 is 6.09 Å². The summed E-state index contributed by atoms with van der Waals surface area (Å²) in [6.07, 6.45) is 2.09. The number of phenolic OH excluding ortho intramolecular Hbond substituents is 1. The fourth-order valence-electron chi connectivity index (χ4n) is 2.01. The molecule has 0 radical (unpaired) electrons. The monoisotopic (exact) mass is 279 g/mol. The second kappa shape index (κ2) is 7.17. The molecule has 0 aliphatic heterocycles. The van der Waals surface area contributed by atoms with Gasteiger partial charge in [0.05, 0.1) is 0 Å². The Kier molecular flexibility index (Phi) is 5.86. The molecule has 0 fully saturated rings. The molecular weight excluding hydrogens is 254 g/mol. The van der Waals surface area contributed by atoms with E-state index in [9.17, 15) is 9.90 Å². The van der Waals surface area contributed by atoms with Gasteiger partial charge in [-0.2, -0.15) is 0 Å². The lowest BCUT2D eigenvalue weighted by atomic mass is 9.99. The molecule has 4 heteroatoms. The lowest BCUT2D eigenvalue weighted by Gasteiger charge is -2.19. The number of phenols is 1. The van der Waals surface area contributed by atoms with Crippen LogP contribution >= 0.6 is 0 Å². The van der Waals surface area contributed by atoms with E-state index in [2.05, 4.69) is 12.2 Å². The highest BCUT2D eigenvalue weighted by Gasteiger charge is 2.15. The van der Waals surface area contributed by atoms with Crippen LogP contribution in [-0.4, -0.2) is 23.3 Å². The fraction of sp³-hybridized carbons (Fsp3) is 0.562. The summed E-state index contributed by atoms with van der Waals surface area (Å²) in [6, 6.07) is 5.52. The third kappa shape index (κ3) is 5.51. The third-order valence-corrected chi connectivity index (χ3v) is 2.81.